The highest BCUT2D eigenvalue weighted by Gasteiger charge is 2.61. The number of benzene rings is 3. The fourth-order valence-electron chi connectivity index (χ4n) is 7.86. The van der Waals surface area contributed by atoms with Crippen molar-refractivity contribution < 1.29 is 46.8 Å². The molecule has 4 aliphatic carbocycles. The van der Waals surface area contributed by atoms with Crippen LogP contribution in [0.5, 0.6) is 11.5 Å². The third kappa shape index (κ3) is 5.49. The van der Waals surface area contributed by atoms with E-state index in [1.807, 2.05) is 0 Å². The third-order valence-electron chi connectivity index (χ3n) is 8.93. The highest BCUT2D eigenvalue weighted by molar-refractivity contribution is 6.05. The molecular weight excluding hydrogens is 558 g/mol. The van der Waals surface area contributed by atoms with Crippen LogP contribution >= 0.6 is 0 Å². The Labute approximate surface area is 238 Å². The Bertz CT molecular complexity index is 1520. The molecule has 11 heteroatoms. The number of rotatable bonds is 8. The fraction of sp³-hybridized carbons (Fsp3) is 0.419. The molecule has 3 unspecified atom stereocenters. The first-order chi connectivity index (χ1) is 19.8. The number of nitrogens with one attached hydrogen (secondary N) is 1. The topological polar surface area (TPSA) is 105 Å². The van der Waals surface area contributed by atoms with Gasteiger partial charge in [0.05, 0.1) is 11.2 Å². The van der Waals surface area contributed by atoms with Crippen LogP contribution in [0.4, 0.5) is 17.6 Å². The predicted octanol–water partition coefficient (Wildman–Crippen LogP) is 5.97. The van der Waals surface area contributed by atoms with E-state index in [1.54, 1.807) is 0 Å². The molecule has 4 aliphatic rings. The molecule has 3 atom stereocenters. The van der Waals surface area contributed by atoms with Gasteiger partial charge < -0.3 is 25.0 Å². The lowest BCUT2D eigenvalue weighted by Gasteiger charge is -2.61. The van der Waals surface area contributed by atoms with Gasteiger partial charge in [-0.3, -0.25) is 4.79 Å². The number of fused-ring (bicyclic) bond motifs is 1. The van der Waals surface area contributed by atoms with E-state index in [9.17, 15) is 37.4 Å². The molecule has 0 aromatic heterocycles. The zero-order valence-corrected chi connectivity index (χ0v) is 22.4. The van der Waals surface area contributed by atoms with E-state index >= 15 is 0 Å². The Morgan fingerprint density at radius 3 is 2.31 bits per heavy atom. The van der Waals surface area contributed by atoms with Crippen LogP contribution in [0.2, 0.25) is 0 Å². The average molecular weight is 588 g/mol. The molecule has 3 N–H and O–H groups in total. The monoisotopic (exact) mass is 587 g/mol. The summed E-state index contributed by atoms with van der Waals surface area (Å²) in [4.78, 5) is 26.3. The normalized spacial score (nSPS) is 27.1. The first-order valence-corrected chi connectivity index (χ1v) is 13.8. The Balaban J connectivity index is 1.29. The van der Waals surface area contributed by atoms with Crippen molar-refractivity contribution in [2.24, 2.45) is 17.3 Å². The van der Waals surface area contributed by atoms with Crippen molar-refractivity contribution in [3.05, 3.63) is 71.5 Å². The maximum Gasteiger partial charge on any atom is 0.573 e. The van der Waals surface area contributed by atoms with E-state index < -0.39 is 46.9 Å². The van der Waals surface area contributed by atoms with E-state index in [0.717, 1.165) is 18.6 Å². The quantitative estimate of drug-likeness (QED) is 0.281. The van der Waals surface area contributed by atoms with Gasteiger partial charge >= 0.3 is 12.3 Å². The second-order valence-electron chi connectivity index (χ2n) is 12.1. The number of hydrogen-bond acceptors (Lipinski definition) is 5. The maximum atomic E-state index is 14.0. The average Bonchev–Trinajstić information content (AvgIpc) is 2.88. The molecule has 4 bridgehead atoms. The lowest BCUT2D eigenvalue weighted by atomic mass is 9.46. The molecule has 222 valence electrons. The van der Waals surface area contributed by atoms with E-state index in [2.05, 4.69) is 10.1 Å². The first-order valence-electron chi connectivity index (χ1n) is 13.8. The number of alkyl halides is 3. The molecule has 42 heavy (non-hydrogen) atoms. The molecule has 7 nitrogen and oxygen atoms in total. The van der Waals surface area contributed by atoms with Crippen LogP contribution < -0.4 is 14.8 Å². The molecule has 3 aromatic carbocycles. The minimum atomic E-state index is -4.83. The maximum absolute atomic E-state index is 14.0. The van der Waals surface area contributed by atoms with E-state index in [1.165, 1.54) is 42.5 Å². The number of carbonyl (C=O) groups is 2. The van der Waals surface area contributed by atoms with Gasteiger partial charge in [0.1, 0.15) is 30.0 Å². The highest BCUT2D eigenvalue weighted by atomic mass is 19.4. The van der Waals surface area contributed by atoms with Gasteiger partial charge in [-0.2, -0.15) is 0 Å². The predicted molar refractivity (Wildman–Crippen MR) is 142 cm³/mol. The van der Waals surface area contributed by atoms with Gasteiger partial charge in [-0.1, -0.05) is 18.2 Å². The van der Waals surface area contributed by atoms with E-state index in [-0.39, 0.29) is 29.8 Å². The minimum absolute atomic E-state index is 0.0285. The van der Waals surface area contributed by atoms with Gasteiger partial charge in [0.25, 0.3) is 5.91 Å². The van der Waals surface area contributed by atoms with Crippen LogP contribution in [-0.2, 0) is 11.4 Å². The van der Waals surface area contributed by atoms with Crippen molar-refractivity contribution >= 4 is 22.6 Å². The zero-order chi connectivity index (χ0) is 29.9. The van der Waals surface area contributed by atoms with Crippen molar-refractivity contribution in [2.75, 3.05) is 0 Å². The van der Waals surface area contributed by atoms with Gasteiger partial charge in [0.2, 0.25) is 0 Å². The minimum Gasteiger partial charge on any atom is -0.487 e. The van der Waals surface area contributed by atoms with Crippen molar-refractivity contribution in [3.63, 3.8) is 0 Å². The summed E-state index contributed by atoms with van der Waals surface area (Å²) in [6.07, 6.45) is -1.07. The molecule has 0 saturated heterocycles. The molecule has 0 spiro atoms. The molecule has 4 fully saturated rings. The van der Waals surface area contributed by atoms with Crippen LogP contribution in [0.1, 0.15) is 54.4 Å². The number of ether oxygens (including phenoxy) is 2. The Morgan fingerprint density at radius 1 is 1.00 bits per heavy atom. The van der Waals surface area contributed by atoms with E-state index in [4.69, 9.17) is 4.74 Å². The number of aliphatic hydroxyl groups is 1. The fourth-order valence-corrected chi connectivity index (χ4v) is 7.86. The molecule has 0 radical (unpaired) electrons. The van der Waals surface area contributed by atoms with Crippen LogP contribution in [-0.4, -0.2) is 40.1 Å². The summed E-state index contributed by atoms with van der Waals surface area (Å²) in [5.41, 5.74) is -1.20. The number of hydrogen-bond donors (Lipinski definition) is 3. The van der Waals surface area contributed by atoms with Crippen LogP contribution in [0, 0.1) is 23.1 Å². The second kappa shape index (κ2) is 10.1. The van der Waals surface area contributed by atoms with Gasteiger partial charge in [-0.25, -0.2) is 9.18 Å². The smallest absolute Gasteiger partial charge is 0.487 e. The van der Waals surface area contributed by atoms with E-state index in [0.29, 0.717) is 48.4 Å². The number of carbonyl (C=O) groups excluding carboxylic acids is 1. The Hall–Kier alpha value is -3.86. The van der Waals surface area contributed by atoms with Crippen LogP contribution in [0.3, 0.4) is 0 Å². The number of carboxylic acids is 1. The summed E-state index contributed by atoms with van der Waals surface area (Å²) < 4.78 is 61.4. The standard InChI is InChI=1S/C31H29F4NO6/c32-21-4-8-23-20(10-21)3-7-24(25(23)41-15-17-1-5-22(6-2-17)42-31(33,34)35)27(37)36-26(28(38)39)29-11-18-9-19(12-29)14-30(40,13-18)16-29/h1-8,10,18-19,26,40H,9,11-16H2,(H,36,37)(H,38,39). The van der Waals surface area contributed by atoms with Crippen LogP contribution in [0.25, 0.3) is 10.8 Å². The lowest BCUT2D eigenvalue weighted by Crippen LogP contribution is -2.64. The molecule has 0 heterocycles. The largest absolute Gasteiger partial charge is 0.573 e. The van der Waals surface area contributed by atoms with Crippen molar-refractivity contribution in [1.29, 1.82) is 0 Å². The summed E-state index contributed by atoms with van der Waals surface area (Å²) in [6, 6.07) is 10.7. The summed E-state index contributed by atoms with van der Waals surface area (Å²) in [6.45, 7) is -0.147. The molecule has 7 rings (SSSR count). The molecular formula is C31H29F4NO6. The van der Waals surface area contributed by atoms with Crippen molar-refractivity contribution in [1.82, 2.24) is 5.32 Å². The third-order valence-corrected chi connectivity index (χ3v) is 8.93. The Kier molecular flexibility index (Phi) is 6.83. The number of amides is 1. The zero-order valence-electron chi connectivity index (χ0n) is 22.4. The second-order valence-corrected chi connectivity index (χ2v) is 12.1. The molecule has 0 aliphatic heterocycles. The molecule has 1 amide bonds. The summed E-state index contributed by atoms with van der Waals surface area (Å²) >= 11 is 0. The summed E-state index contributed by atoms with van der Waals surface area (Å²) in [5, 5.41) is 25.0. The highest BCUT2D eigenvalue weighted by Crippen LogP contribution is 2.62. The van der Waals surface area contributed by atoms with Gasteiger partial charge in [0.15, 0.2) is 0 Å². The molecule has 4 saturated carbocycles. The number of aliphatic carboxylic acids is 1. The number of halogens is 4. The molecule has 3 aromatic rings. The lowest BCUT2D eigenvalue weighted by molar-refractivity contribution is -0.274. The summed E-state index contributed by atoms with van der Waals surface area (Å²) in [7, 11) is 0. The number of carboxylic acid groups (broad SMARTS) is 1. The van der Waals surface area contributed by atoms with Gasteiger partial charge in [0, 0.05) is 10.8 Å². The van der Waals surface area contributed by atoms with Crippen LogP contribution in [0.15, 0.2) is 54.6 Å². The Morgan fingerprint density at radius 2 is 1.69 bits per heavy atom. The first kappa shape index (κ1) is 28.3. The van der Waals surface area contributed by atoms with Gasteiger partial charge in [-0.05, 0) is 97.7 Å². The van der Waals surface area contributed by atoms with Crippen molar-refractivity contribution in [2.45, 2.75) is 63.1 Å². The van der Waals surface area contributed by atoms with Gasteiger partial charge in [-0.15, -0.1) is 13.2 Å². The summed E-state index contributed by atoms with van der Waals surface area (Å²) in [5.74, 6) is -2.29. The SMILES string of the molecule is O=C(NC(C(=O)O)C12CC3CC(CC(O)(C3)C1)C2)c1ccc2cc(F)ccc2c1OCc1ccc(OC(F)(F)F)cc1. The van der Waals surface area contributed by atoms with Crippen molar-refractivity contribution in [3.8, 4) is 11.5 Å².